The van der Waals surface area contributed by atoms with Crippen LogP contribution < -0.4 is 4.74 Å². The first-order valence-corrected chi connectivity index (χ1v) is 7.34. The summed E-state index contributed by atoms with van der Waals surface area (Å²) in [7, 11) is 1.63. The smallest absolute Gasteiger partial charge is 0.410 e. The van der Waals surface area contributed by atoms with Crippen molar-refractivity contribution in [1.82, 2.24) is 9.88 Å². The Morgan fingerprint density at radius 2 is 2.00 bits per heavy atom. The maximum Gasteiger partial charge on any atom is 0.410 e. The fourth-order valence-corrected chi connectivity index (χ4v) is 1.82. The third kappa shape index (κ3) is 6.00. The van der Waals surface area contributed by atoms with E-state index < -0.39 is 24.7 Å². The van der Waals surface area contributed by atoms with Gasteiger partial charge in [-0.05, 0) is 46.2 Å². The van der Waals surface area contributed by atoms with E-state index in [-0.39, 0.29) is 11.9 Å². The molecule has 0 aromatic carbocycles. The summed E-state index contributed by atoms with van der Waals surface area (Å²) in [5, 5.41) is 0. The van der Waals surface area contributed by atoms with E-state index in [0.717, 1.165) is 5.56 Å². The number of aryl methyl sites for hydroxylation is 1. The van der Waals surface area contributed by atoms with Gasteiger partial charge in [0, 0.05) is 18.8 Å². The largest absolute Gasteiger partial charge is 0.471 e. The monoisotopic (exact) mass is 330 g/mol. The van der Waals surface area contributed by atoms with Crippen molar-refractivity contribution >= 4 is 6.09 Å². The second kappa shape index (κ2) is 7.57. The van der Waals surface area contributed by atoms with Crippen molar-refractivity contribution in [2.24, 2.45) is 0 Å². The van der Waals surface area contributed by atoms with Crippen molar-refractivity contribution < 1.29 is 23.0 Å². The molecule has 0 saturated carbocycles. The summed E-state index contributed by atoms with van der Waals surface area (Å²) in [6, 6.07) is 1.49. The van der Waals surface area contributed by atoms with Gasteiger partial charge in [0.15, 0.2) is 6.61 Å². The molecule has 0 bridgehead atoms. The molecule has 1 atom stereocenters. The van der Waals surface area contributed by atoms with Gasteiger partial charge in [-0.2, -0.15) is 0 Å². The number of carbonyl (C=O) groups excluding carboxylic acids is 1. The number of pyridine rings is 1. The molecule has 0 saturated heterocycles. The Bertz CT molecular complexity index is 545. The standard InChI is InChI=1S/C16H24F2N2O3/c1-10-7-12(8-19-14(10)22-9-13(17)18)11(2)20(6)15(21)23-16(3,4)5/h7-8,11,13H,9H2,1-6H3. The minimum Gasteiger partial charge on any atom is -0.471 e. The molecule has 0 N–H and O–H groups in total. The topological polar surface area (TPSA) is 51.7 Å². The molecule has 130 valence electrons. The quantitative estimate of drug-likeness (QED) is 0.820. The zero-order valence-corrected chi connectivity index (χ0v) is 14.4. The molecule has 1 unspecified atom stereocenters. The predicted octanol–water partition coefficient (Wildman–Crippen LogP) is 3.96. The number of halogens is 2. The Balaban J connectivity index is 2.81. The second-order valence-electron chi connectivity index (χ2n) is 6.36. The van der Waals surface area contributed by atoms with Crippen LogP contribution in [0.15, 0.2) is 12.3 Å². The third-order valence-electron chi connectivity index (χ3n) is 3.14. The third-order valence-corrected chi connectivity index (χ3v) is 3.14. The summed E-state index contributed by atoms with van der Waals surface area (Å²) in [5.74, 6) is 0.168. The molecule has 1 heterocycles. The van der Waals surface area contributed by atoms with Gasteiger partial charge in [-0.3, -0.25) is 0 Å². The minimum atomic E-state index is -2.55. The van der Waals surface area contributed by atoms with Gasteiger partial charge in [-0.1, -0.05) is 0 Å². The Labute approximate surface area is 135 Å². The Morgan fingerprint density at radius 3 is 2.48 bits per heavy atom. The van der Waals surface area contributed by atoms with Crippen LogP contribution in [-0.2, 0) is 4.74 Å². The molecule has 23 heavy (non-hydrogen) atoms. The summed E-state index contributed by atoms with van der Waals surface area (Å²) in [6.07, 6.45) is -1.48. The van der Waals surface area contributed by atoms with Crippen LogP contribution in [0.2, 0.25) is 0 Å². The van der Waals surface area contributed by atoms with Crippen LogP contribution in [0.25, 0.3) is 0 Å². The summed E-state index contributed by atoms with van der Waals surface area (Å²) in [4.78, 5) is 17.6. The summed E-state index contributed by atoms with van der Waals surface area (Å²) >= 11 is 0. The number of hydrogen-bond donors (Lipinski definition) is 0. The first-order valence-electron chi connectivity index (χ1n) is 7.34. The molecule has 5 nitrogen and oxygen atoms in total. The zero-order chi connectivity index (χ0) is 17.8. The van der Waals surface area contributed by atoms with Gasteiger partial charge in [0.05, 0.1) is 6.04 Å². The number of aromatic nitrogens is 1. The molecule has 1 amide bonds. The van der Waals surface area contributed by atoms with Crippen LogP contribution in [0.3, 0.4) is 0 Å². The molecule has 0 aliphatic carbocycles. The molecule has 0 fully saturated rings. The lowest BCUT2D eigenvalue weighted by Gasteiger charge is -2.29. The second-order valence-corrected chi connectivity index (χ2v) is 6.36. The predicted molar refractivity (Wildman–Crippen MR) is 82.9 cm³/mol. The van der Waals surface area contributed by atoms with E-state index in [1.54, 1.807) is 40.8 Å². The fourth-order valence-electron chi connectivity index (χ4n) is 1.82. The highest BCUT2D eigenvalue weighted by molar-refractivity contribution is 5.68. The molecular formula is C16H24F2N2O3. The first-order chi connectivity index (χ1) is 10.5. The van der Waals surface area contributed by atoms with Crippen LogP contribution in [0.5, 0.6) is 5.88 Å². The molecule has 1 aromatic rings. The number of rotatable bonds is 5. The van der Waals surface area contributed by atoms with Crippen molar-refractivity contribution in [3.63, 3.8) is 0 Å². The minimum absolute atomic E-state index is 0.168. The van der Waals surface area contributed by atoms with Crippen LogP contribution in [-0.4, -0.2) is 41.7 Å². The van der Waals surface area contributed by atoms with E-state index >= 15 is 0 Å². The zero-order valence-electron chi connectivity index (χ0n) is 14.4. The molecule has 1 aromatic heterocycles. The van der Waals surface area contributed by atoms with E-state index in [4.69, 9.17) is 9.47 Å². The molecule has 7 heteroatoms. The Kier molecular flexibility index (Phi) is 6.29. The van der Waals surface area contributed by atoms with E-state index in [0.29, 0.717) is 5.56 Å². The van der Waals surface area contributed by atoms with Crippen molar-refractivity contribution in [1.29, 1.82) is 0 Å². The molecule has 0 spiro atoms. The van der Waals surface area contributed by atoms with Gasteiger partial charge < -0.3 is 14.4 Å². The van der Waals surface area contributed by atoms with Gasteiger partial charge in [-0.25, -0.2) is 18.6 Å². The average molecular weight is 330 g/mol. The molecule has 1 rings (SSSR count). The molecule has 0 aliphatic heterocycles. The van der Waals surface area contributed by atoms with Crippen molar-refractivity contribution in [3.8, 4) is 5.88 Å². The van der Waals surface area contributed by atoms with E-state index in [1.165, 1.54) is 11.1 Å². The number of alkyl halides is 2. The number of amides is 1. The average Bonchev–Trinajstić information content (AvgIpc) is 2.42. The van der Waals surface area contributed by atoms with Gasteiger partial charge >= 0.3 is 6.09 Å². The molecular weight excluding hydrogens is 306 g/mol. The van der Waals surface area contributed by atoms with E-state index in [1.807, 2.05) is 6.92 Å². The van der Waals surface area contributed by atoms with E-state index in [2.05, 4.69) is 4.98 Å². The fraction of sp³-hybridized carbons (Fsp3) is 0.625. The van der Waals surface area contributed by atoms with Crippen LogP contribution in [0.1, 0.15) is 44.9 Å². The van der Waals surface area contributed by atoms with E-state index in [9.17, 15) is 13.6 Å². The number of ether oxygens (including phenoxy) is 2. The van der Waals surface area contributed by atoms with Gasteiger partial charge in [-0.15, -0.1) is 0 Å². The van der Waals surface area contributed by atoms with Crippen LogP contribution in [0.4, 0.5) is 13.6 Å². The van der Waals surface area contributed by atoms with Gasteiger partial charge in [0.25, 0.3) is 6.43 Å². The SMILES string of the molecule is Cc1cc(C(C)N(C)C(=O)OC(C)(C)C)cnc1OCC(F)F. The highest BCUT2D eigenvalue weighted by Crippen LogP contribution is 2.24. The lowest BCUT2D eigenvalue weighted by molar-refractivity contribution is 0.0233. The number of hydrogen-bond acceptors (Lipinski definition) is 4. The Hall–Kier alpha value is -1.92. The molecule has 0 radical (unpaired) electrons. The number of nitrogens with zero attached hydrogens (tertiary/aromatic N) is 2. The van der Waals surface area contributed by atoms with Gasteiger partial charge in [0.1, 0.15) is 5.60 Å². The normalized spacial score (nSPS) is 12.9. The van der Waals surface area contributed by atoms with Gasteiger partial charge in [0.2, 0.25) is 5.88 Å². The first kappa shape index (κ1) is 19.1. The Morgan fingerprint density at radius 1 is 1.39 bits per heavy atom. The molecule has 0 aliphatic rings. The maximum absolute atomic E-state index is 12.2. The van der Waals surface area contributed by atoms with Crippen molar-refractivity contribution in [3.05, 3.63) is 23.4 Å². The number of carbonyl (C=O) groups is 1. The van der Waals surface area contributed by atoms with Crippen LogP contribution >= 0.6 is 0 Å². The summed E-state index contributed by atoms with van der Waals surface area (Å²) in [5.41, 5.74) is 0.819. The van der Waals surface area contributed by atoms with Crippen molar-refractivity contribution in [2.45, 2.75) is 52.7 Å². The summed E-state index contributed by atoms with van der Waals surface area (Å²) in [6.45, 7) is 8.25. The highest BCUT2D eigenvalue weighted by Gasteiger charge is 2.24. The summed E-state index contributed by atoms with van der Waals surface area (Å²) < 4.78 is 34.6. The lowest BCUT2D eigenvalue weighted by Crippen LogP contribution is -2.35. The maximum atomic E-state index is 12.2. The van der Waals surface area contributed by atoms with Crippen molar-refractivity contribution in [2.75, 3.05) is 13.7 Å². The highest BCUT2D eigenvalue weighted by atomic mass is 19.3. The van der Waals surface area contributed by atoms with Crippen LogP contribution in [0, 0.1) is 6.92 Å². The lowest BCUT2D eigenvalue weighted by atomic mass is 10.1.